The van der Waals surface area contributed by atoms with Gasteiger partial charge in [0.1, 0.15) is 0 Å². The maximum absolute atomic E-state index is 2.12. The molecule has 0 amide bonds. The fourth-order valence-corrected chi connectivity index (χ4v) is 1.07. The van der Waals surface area contributed by atoms with Gasteiger partial charge in [-0.1, -0.05) is 0 Å². The molecule has 1 nitrogen and oxygen atoms in total. The van der Waals surface area contributed by atoms with E-state index in [9.17, 15) is 0 Å². The van der Waals surface area contributed by atoms with E-state index in [1.165, 1.54) is 11.1 Å². The van der Waals surface area contributed by atoms with Crippen LogP contribution in [0.25, 0.3) is 0 Å². The van der Waals surface area contributed by atoms with Gasteiger partial charge in [-0.25, -0.2) is 0 Å². The fraction of sp³-hybridized carbons (Fsp3) is 0.375. The average molecular weight is 133 g/mol. The number of hydrogen-bond acceptors (Lipinski definition) is 1. The summed E-state index contributed by atoms with van der Waals surface area (Å²) in [6.45, 7) is 4.24. The second-order valence-electron chi connectivity index (χ2n) is 2.68. The van der Waals surface area contributed by atoms with Crippen molar-refractivity contribution in [1.29, 1.82) is 0 Å². The Balaban J connectivity index is 3.03. The first-order chi connectivity index (χ1) is 4.72. The van der Waals surface area contributed by atoms with Gasteiger partial charge in [-0.2, -0.15) is 0 Å². The second kappa shape index (κ2) is 2.87. The Bertz CT molecular complexity index is 220. The van der Waals surface area contributed by atoms with E-state index in [1.807, 2.05) is 0 Å². The molecule has 0 unspecified atom stereocenters. The summed E-state index contributed by atoms with van der Waals surface area (Å²) in [6, 6.07) is 4.18. The minimum absolute atomic E-state index is 1.29. The molecular weight excluding hydrogens is 121 g/mol. The van der Waals surface area contributed by atoms with Crippen molar-refractivity contribution in [3.63, 3.8) is 0 Å². The molecule has 0 aromatic carbocycles. The van der Waals surface area contributed by atoms with E-state index in [-0.39, 0.29) is 0 Å². The van der Waals surface area contributed by atoms with Gasteiger partial charge in [0.2, 0.25) is 0 Å². The molecule has 2 heteroatoms. The molecular formula is C8H12BN. The molecule has 1 heterocycles. The first kappa shape index (κ1) is 7.32. The molecule has 0 radical (unpaired) electrons. The molecule has 52 valence electrons. The Kier molecular flexibility index (Phi) is 2.10. The number of anilines is 1. The topological polar surface area (TPSA) is 3.24 Å². The van der Waals surface area contributed by atoms with Crippen LogP contribution in [-0.2, 0) is 0 Å². The van der Waals surface area contributed by atoms with Gasteiger partial charge >= 0.3 is 62.1 Å². The van der Waals surface area contributed by atoms with Crippen molar-refractivity contribution < 1.29 is 0 Å². The Morgan fingerprint density at radius 1 is 1.40 bits per heavy atom. The molecule has 1 aromatic rings. The predicted octanol–water partition coefficient (Wildman–Crippen LogP) is 1.40. The molecule has 0 atom stereocenters. The van der Waals surface area contributed by atoms with E-state index in [0.29, 0.717) is 0 Å². The summed E-state index contributed by atoms with van der Waals surface area (Å²) in [5.74, 6) is 2.06. The summed E-state index contributed by atoms with van der Waals surface area (Å²) in [5, 5.41) is 0. The zero-order chi connectivity index (χ0) is 7.56. The van der Waals surface area contributed by atoms with E-state index in [1.54, 1.807) is 0 Å². The van der Waals surface area contributed by atoms with Crippen molar-refractivity contribution in [2.45, 2.75) is 6.92 Å². The Hall–Kier alpha value is -0.785. The van der Waals surface area contributed by atoms with Crippen molar-refractivity contribution in [2.75, 3.05) is 19.0 Å². The second-order valence-corrected chi connectivity index (χ2v) is 2.68. The van der Waals surface area contributed by atoms with E-state index in [4.69, 9.17) is 0 Å². The van der Waals surface area contributed by atoms with Gasteiger partial charge in [0.15, 0.2) is 0 Å². The summed E-state index contributed by atoms with van der Waals surface area (Å²) in [5.41, 5.74) is 2.62. The van der Waals surface area contributed by atoms with Crippen molar-refractivity contribution in [3.8, 4) is 0 Å². The van der Waals surface area contributed by atoms with Crippen LogP contribution >= 0.6 is 0 Å². The third kappa shape index (κ3) is 1.38. The first-order valence-corrected chi connectivity index (χ1v) is 3.45. The van der Waals surface area contributed by atoms with Gasteiger partial charge in [0, 0.05) is 0 Å². The zero-order valence-corrected chi connectivity index (χ0v) is 6.76. The predicted molar refractivity (Wildman–Crippen MR) is 46.9 cm³/mol. The van der Waals surface area contributed by atoms with Gasteiger partial charge in [-0.3, -0.25) is 0 Å². The van der Waals surface area contributed by atoms with Crippen molar-refractivity contribution in [2.24, 2.45) is 0 Å². The molecule has 0 N–H and O–H groups in total. The minimum atomic E-state index is 1.29. The van der Waals surface area contributed by atoms with Gasteiger partial charge in [-0.05, 0) is 0 Å². The molecule has 1 aromatic heterocycles. The molecule has 0 fully saturated rings. The molecule has 0 bridgehead atoms. The van der Waals surface area contributed by atoms with Crippen molar-refractivity contribution in [3.05, 3.63) is 23.6 Å². The van der Waals surface area contributed by atoms with Gasteiger partial charge in [0.25, 0.3) is 0 Å². The van der Waals surface area contributed by atoms with Crippen LogP contribution in [0.2, 0.25) is 0 Å². The Labute approximate surface area is 62.9 Å². The number of rotatable bonds is 1. The van der Waals surface area contributed by atoms with Gasteiger partial charge in [0.05, 0.1) is 0 Å². The van der Waals surface area contributed by atoms with E-state index in [2.05, 4.69) is 50.9 Å². The number of nitrogens with zero attached hydrogens (tertiary/aromatic N) is 1. The van der Waals surface area contributed by atoms with Crippen LogP contribution in [0.1, 0.15) is 5.46 Å². The van der Waals surface area contributed by atoms with E-state index >= 15 is 0 Å². The third-order valence-electron chi connectivity index (χ3n) is 1.60. The Morgan fingerprint density at radius 3 is 2.50 bits per heavy atom. The quantitative estimate of drug-likeness (QED) is 0.559. The normalized spacial score (nSPS) is 9.10. The summed E-state index contributed by atoms with van der Waals surface area (Å²) in [7, 11) is 4.12. The van der Waals surface area contributed by atoms with Crippen molar-refractivity contribution in [1.82, 2.24) is 0 Å². The molecule has 0 aliphatic carbocycles. The Morgan fingerprint density at radius 2 is 2.10 bits per heavy atom. The molecule has 0 spiro atoms. The number of aryl methyl sites for hydroxylation is 1. The molecule has 0 saturated heterocycles. The standard InChI is InChI=1S/C8H12BN/c1-7-8(10(2)3)5-4-6-9-7/h4-6H,1-3H3. The summed E-state index contributed by atoms with van der Waals surface area (Å²) < 4.78 is 0. The van der Waals surface area contributed by atoms with Crippen LogP contribution in [0.5, 0.6) is 0 Å². The summed E-state index contributed by atoms with van der Waals surface area (Å²) >= 11 is 0. The zero-order valence-electron chi connectivity index (χ0n) is 6.76. The van der Waals surface area contributed by atoms with Crippen LogP contribution in [0.4, 0.5) is 5.69 Å². The molecule has 0 saturated carbocycles. The van der Waals surface area contributed by atoms with Gasteiger partial charge < -0.3 is 0 Å². The van der Waals surface area contributed by atoms with Crippen LogP contribution in [0.15, 0.2) is 18.1 Å². The average Bonchev–Trinajstić information content (AvgIpc) is 1.88. The summed E-state index contributed by atoms with van der Waals surface area (Å²) in [4.78, 5) is 2.12. The molecule has 0 aliphatic heterocycles. The first-order valence-electron chi connectivity index (χ1n) is 3.45. The molecule has 1 rings (SSSR count). The van der Waals surface area contributed by atoms with Crippen molar-refractivity contribution >= 4 is 12.6 Å². The van der Waals surface area contributed by atoms with Crippen LogP contribution in [-0.4, -0.2) is 21.0 Å². The monoisotopic (exact) mass is 133 g/mol. The number of hydrogen-bond donors (Lipinski definition) is 0. The third-order valence-corrected chi connectivity index (χ3v) is 1.60. The fourth-order valence-electron chi connectivity index (χ4n) is 1.07. The van der Waals surface area contributed by atoms with Gasteiger partial charge in [-0.15, -0.1) is 0 Å². The molecule has 0 aliphatic rings. The SMILES string of the molecule is Cc1bcccc1N(C)C. The van der Waals surface area contributed by atoms with Crippen LogP contribution in [0, 0.1) is 6.92 Å². The maximum atomic E-state index is 2.12. The van der Waals surface area contributed by atoms with Crippen LogP contribution in [0.3, 0.4) is 0 Å². The van der Waals surface area contributed by atoms with E-state index < -0.39 is 0 Å². The molecule has 10 heavy (non-hydrogen) atoms. The van der Waals surface area contributed by atoms with E-state index in [0.717, 1.165) is 0 Å². The summed E-state index contributed by atoms with van der Waals surface area (Å²) in [6.07, 6.45) is 0. The van der Waals surface area contributed by atoms with Crippen LogP contribution < -0.4 is 4.90 Å².